The summed E-state index contributed by atoms with van der Waals surface area (Å²) in [6.07, 6.45) is 5.48. The van der Waals surface area contributed by atoms with Gasteiger partial charge >= 0.3 is 0 Å². The van der Waals surface area contributed by atoms with E-state index in [4.69, 9.17) is 0 Å². The molecule has 0 radical (unpaired) electrons. The maximum atomic E-state index is 4.64. The molecule has 94 valence electrons. The lowest BCUT2D eigenvalue weighted by Gasteiger charge is -2.39. The molecule has 0 spiro atoms. The first-order valence-corrected chi connectivity index (χ1v) is 6.78. The first-order chi connectivity index (χ1) is 9.95. The number of rotatable bonds is 0. The summed E-state index contributed by atoms with van der Waals surface area (Å²) in [5.41, 5.74) is 7.53. The Bertz CT molecular complexity index is 659. The lowest BCUT2D eigenvalue weighted by Crippen LogP contribution is -2.29. The summed E-state index contributed by atoms with van der Waals surface area (Å²) in [6, 6.07) is 12.8. The summed E-state index contributed by atoms with van der Waals surface area (Å²) in [7, 11) is 0. The molecule has 2 aromatic heterocycles. The number of aromatic nitrogens is 3. The van der Waals surface area contributed by atoms with E-state index in [1.165, 1.54) is 27.9 Å². The second-order valence-electron chi connectivity index (χ2n) is 5.34. The van der Waals surface area contributed by atoms with Gasteiger partial charge < -0.3 is 0 Å². The van der Waals surface area contributed by atoms with Crippen molar-refractivity contribution in [2.75, 3.05) is 0 Å². The topological polar surface area (TPSA) is 38.7 Å². The third-order valence-electron chi connectivity index (χ3n) is 4.43. The van der Waals surface area contributed by atoms with Crippen LogP contribution in [-0.4, -0.2) is 15.0 Å². The molecule has 0 amide bonds. The molecule has 0 saturated carbocycles. The monoisotopic (exact) mass is 257 g/mol. The van der Waals surface area contributed by atoms with E-state index in [1.807, 2.05) is 18.5 Å². The third-order valence-corrected chi connectivity index (χ3v) is 4.43. The van der Waals surface area contributed by atoms with Crippen LogP contribution in [0, 0.1) is 0 Å². The van der Waals surface area contributed by atoms with Crippen LogP contribution in [0.2, 0.25) is 0 Å². The molecule has 3 heteroatoms. The minimum Gasteiger partial charge on any atom is -0.260 e. The molecule has 3 aliphatic rings. The molecule has 0 fully saturated rings. The normalized spacial score (nSPS) is 21.0. The van der Waals surface area contributed by atoms with Gasteiger partial charge in [0.1, 0.15) is 6.33 Å². The van der Waals surface area contributed by atoms with Gasteiger partial charge in [0.05, 0.1) is 23.2 Å². The zero-order chi connectivity index (χ0) is 13.1. The second kappa shape index (κ2) is 3.51. The Morgan fingerprint density at radius 2 is 1.40 bits per heavy atom. The molecule has 6 rings (SSSR count). The van der Waals surface area contributed by atoms with Gasteiger partial charge in [-0.05, 0) is 22.8 Å². The fraction of sp³-hybridized carbons (Fsp3) is 0.118. The zero-order valence-electron chi connectivity index (χ0n) is 10.7. The quantitative estimate of drug-likeness (QED) is 0.428. The molecule has 3 aliphatic carbocycles. The molecule has 1 aromatic carbocycles. The van der Waals surface area contributed by atoms with Gasteiger partial charge in [0.15, 0.2) is 0 Å². The van der Waals surface area contributed by atoms with Gasteiger partial charge in [-0.25, -0.2) is 9.97 Å². The van der Waals surface area contributed by atoms with Crippen LogP contribution in [0.5, 0.6) is 0 Å². The van der Waals surface area contributed by atoms with Crippen LogP contribution in [0.15, 0.2) is 55.1 Å². The average molecular weight is 257 g/mol. The maximum absolute atomic E-state index is 4.64. The van der Waals surface area contributed by atoms with Crippen LogP contribution >= 0.6 is 0 Å². The lowest BCUT2D eigenvalue weighted by molar-refractivity contribution is 0.696. The highest BCUT2D eigenvalue weighted by molar-refractivity contribution is 5.64. The molecular weight excluding hydrogens is 246 g/mol. The molecule has 2 heterocycles. The van der Waals surface area contributed by atoms with Crippen molar-refractivity contribution in [3.05, 3.63) is 88.8 Å². The summed E-state index contributed by atoms with van der Waals surface area (Å²) in [5.74, 6) is 0.390. The SMILES string of the molecule is c1ccc2c(c1)C1c3cccnc3C2c2cncnc21. The maximum Gasteiger partial charge on any atom is 0.115 e. The van der Waals surface area contributed by atoms with E-state index in [1.54, 1.807) is 6.33 Å². The van der Waals surface area contributed by atoms with Crippen LogP contribution in [-0.2, 0) is 0 Å². The summed E-state index contributed by atoms with van der Waals surface area (Å²) >= 11 is 0. The van der Waals surface area contributed by atoms with E-state index in [2.05, 4.69) is 45.3 Å². The van der Waals surface area contributed by atoms with Gasteiger partial charge in [0.25, 0.3) is 0 Å². The van der Waals surface area contributed by atoms with Crippen molar-refractivity contribution in [2.45, 2.75) is 11.8 Å². The Morgan fingerprint density at radius 1 is 0.700 bits per heavy atom. The van der Waals surface area contributed by atoms with E-state index in [9.17, 15) is 0 Å². The minimum absolute atomic E-state index is 0.184. The first kappa shape index (κ1) is 10.3. The molecule has 3 nitrogen and oxygen atoms in total. The molecule has 0 saturated heterocycles. The molecule has 2 bridgehead atoms. The van der Waals surface area contributed by atoms with Crippen molar-refractivity contribution < 1.29 is 0 Å². The Kier molecular flexibility index (Phi) is 1.80. The van der Waals surface area contributed by atoms with Gasteiger partial charge in [-0.1, -0.05) is 30.3 Å². The van der Waals surface area contributed by atoms with Crippen molar-refractivity contribution in [3.8, 4) is 0 Å². The summed E-state index contributed by atoms with van der Waals surface area (Å²) in [5, 5.41) is 0. The highest BCUT2D eigenvalue weighted by Crippen LogP contribution is 2.53. The van der Waals surface area contributed by atoms with E-state index in [-0.39, 0.29) is 11.8 Å². The molecule has 2 unspecified atom stereocenters. The largest absolute Gasteiger partial charge is 0.260 e. The second-order valence-corrected chi connectivity index (χ2v) is 5.34. The number of nitrogens with zero attached hydrogens (tertiary/aromatic N) is 3. The number of pyridine rings is 1. The predicted molar refractivity (Wildman–Crippen MR) is 74.6 cm³/mol. The standard InChI is InChI=1S/C17H11N3/c1-2-5-11-10(4-1)14-12-6-3-7-19-16(12)15(11)13-8-18-9-20-17(13)14/h1-9,14-15H. The Hall–Kier alpha value is -2.55. The fourth-order valence-corrected chi connectivity index (χ4v) is 3.69. The van der Waals surface area contributed by atoms with Crippen LogP contribution in [0.1, 0.15) is 45.5 Å². The number of benzene rings is 1. The van der Waals surface area contributed by atoms with E-state index >= 15 is 0 Å². The molecule has 2 atom stereocenters. The van der Waals surface area contributed by atoms with Crippen LogP contribution in [0.3, 0.4) is 0 Å². The summed E-state index contributed by atoms with van der Waals surface area (Å²) in [6.45, 7) is 0. The minimum atomic E-state index is 0.184. The van der Waals surface area contributed by atoms with Gasteiger partial charge in [-0.15, -0.1) is 0 Å². The number of hydrogen-bond donors (Lipinski definition) is 0. The average Bonchev–Trinajstić information content (AvgIpc) is 2.54. The van der Waals surface area contributed by atoms with Crippen LogP contribution < -0.4 is 0 Å². The highest BCUT2D eigenvalue weighted by Gasteiger charge is 2.42. The van der Waals surface area contributed by atoms with E-state index < -0.39 is 0 Å². The third kappa shape index (κ3) is 1.09. The van der Waals surface area contributed by atoms with E-state index in [0.29, 0.717) is 0 Å². The Morgan fingerprint density at radius 3 is 2.25 bits per heavy atom. The van der Waals surface area contributed by atoms with Gasteiger partial charge in [0.2, 0.25) is 0 Å². The van der Waals surface area contributed by atoms with Gasteiger partial charge in [0, 0.05) is 18.0 Å². The Labute approximate surface area is 116 Å². The van der Waals surface area contributed by atoms with Crippen LogP contribution in [0.4, 0.5) is 0 Å². The summed E-state index contributed by atoms with van der Waals surface area (Å²) < 4.78 is 0. The van der Waals surface area contributed by atoms with Crippen molar-refractivity contribution in [2.24, 2.45) is 0 Å². The van der Waals surface area contributed by atoms with Crippen molar-refractivity contribution in [3.63, 3.8) is 0 Å². The summed E-state index contributed by atoms with van der Waals surface area (Å²) in [4.78, 5) is 13.4. The smallest absolute Gasteiger partial charge is 0.115 e. The molecule has 20 heavy (non-hydrogen) atoms. The lowest BCUT2D eigenvalue weighted by atomic mass is 9.65. The fourth-order valence-electron chi connectivity index (χ4n) is 3.69. The zero-order valence-corrected chi connectivity index (χ0v) is 10.7. The molecule has 0 N–H and O–H groups in total. The highest BCUT2D eigenvalue weighted by atomic mass is 14.9. The molecular formula is C17H11N3. The van der Waals surface area contributed by atoms with Gasteiger partial charge in [-0.2, -0.15) is 0 Å². The van der Waals surface area contributed by atoms with Crippen molar-refractivity contribution >= 4 is 0 Å². The number of hydrogen-bond acceptors (Lipinski definition) is 3. The van der Waals surface area contributed by atoms with Crippen molar-refractivity contribution in [1.82, 2.24) is 15.0 Å². The predicted octanol–water partition coefficient (Wildman–Crippen LogP) is 2.86. The van der Waals surface area contributed by atoms with Crippen LogP contribution in [0.25, 0.3) is 0 Å². The van der Waals surface area contributed by atoms with Gasteiger partial charge in [-0.3, -0.25) is 4.98 Å². The Balaban J connectivity index is 1.93. The van der Waals surface area contributed by atoms with E-state index in [0.717, 1.165) is 5.69 Å². The molecule has 0 aliphatic heterocycles. The molecule has 3 aromatic rings. The first-order valence-electron chi connectivity index (χ1n) is 6.78. The van der Waals surface area contributed by atoms with Crippen molar-refractivity contribution in [1.29, 1.82) is 0 Å².